The molecule has 38 heavy (non-hydrogen) atoms. The summed E-state index contributed by atoms with van der Waals surface area (Å²) in [4.78, 5) is 56.6. The Morgan fingerprint density at radius 3 is 2.71 bits per heavy atom. The number of urea groups is 1. The summed E-state index contributed by atoms with van der Waals surface area (Å²) >= 11 is 0. The molecule has 4 aliphatic rings. The minimum Gasteiger partial charge on any atom is -0.454 e. The first-order chi connectivity index (χ1) is 18.3. The number of carbonyl (C=O) groups excluding carboxylic acids is 3. The monoisotopic (exact) mass is 521 g/mol. The number of benzene rings is 2. The highest BCUT2D eigenvalue weighted by atomic mass is 16.7. The molecule has 0 aromatic heterocycles. The fraction of sp³-hybridized carbons (Fsp3) is 0.423. The van der Waals surface area contributed by atoms with E-state index in [1.54, 1.807) is 6.07 Å². The summed E-state index contributed by atoms with van der Waals surface area (Å²) in [5.74, 6) is 0.170. The lowest BCUT2D eigenvalue weighted by Gasteiger charge is -2.55. The maximum absolute atomic E-state index is 14.0. The maximum Gasteiger partial charge on any atom is 0.330 e. The topological polar surface area (TPSA) is 135 Å². The molecule has 4 amide bonds. The first-order valence-corrected chi connectivity index (χ1v) is 12.6. The second-order valence-corrected chi connectivity index (χ2v) is 10.1. The van der Waals surface area contributed by atoms with Crippen molar-refractivity contribution in [2.45, 2.75) is 32.4 Å². The van der Waals surface area contributed by atoms with Gasteiger partial charge < -0.3 is 14.4 Å². The Hall–Kier alpha value is -4.19. The molecule has 2 fully saturated rings. The number of amides is 4. The van der Waals surface area contributed by atoms with Gasteiger partial charge in [-0.05, 0) is 35.7 Å². The number of fused-ring (bicyclic) bond motifs is 5. The number of anilines is 1. The quantitative estimate of drug-likeness (QED) is 0.356. The molecule has 198 valence electrons. The van der Waals surface area contributed by atoms with E-state index in [9.17, 15) is 24.5 Å². The van der Waals surface area contributed by atoms with Gasteiger partial charge in [-0.2, -0.15) is 0 Å². The average molecular weight is 522 g/mol. The number of nitrogens with one attached hydrogen (secondary N) is 1. The zero-order chi connectivity index (χ0) is 26.6. The smallest absolute Gasteiger partial charge is 0.330 e. The van der Waals surface area contributed by atoms with Gasteiger partial charge in [0.2, 0.25) is 18.6 Å². The fourth-order valence-corrected chi connectivity index (χ4v) is 6.10. The fourth-order valence-electron chi connectivity index (χ4n) is 6.10. The summed E-state index contributed by atoms with van der Waals surface area (Å²) in [6.45, 7) is 4.31. The highest BCUT2D eigenvalue weighted by Gasteiger charge is 2.62. The predicted octanol–water partition coefficient (Wildman–Crippen LogP) is 2.05. The van der Waals surface area contributed by atoms with E-state index in [4.69, 9.17) is 9.47 Å². The zero-order valence-corrected chi connectivity index (χ0v) is 20.8. The first kappa shape index (κ1) is 24.2. The molecule has 1 spiro atoms. The van der Waals surface area contributed by atoms with E-state index in [1.165, 1.54) is 12.1 Å². The van der Waals surface area contributed by atoms with Gasteiger partial charge in [-0.25, -0.2) is 4.79 Å². The first-order valence-electron chi connectivity index (χ1n) is 12.6. The van der Waals surface area contributed by atoms with Crippen LogP contribution in [0.3, 0.4) is 0 Å². The number of nitro benzene ring substituents is 1. The van der Waals surface area contributed by atoms with E-state index in [0.717, 1.165) is 16.2 Å². The van der Waals surface area contributed by atoms with Crippen molar-refractivity contribution in [1.29, 1.82) is 0 Å². The van der Waals surface area contributed by atoms with E-state index >= 15 is 0 Å². The molecular weight excluding hydrogens is 494 g/mol. The highest BCUT2D eigenvalue weighted by molar-refractivity contribution is 6.20. The largest absolute Gasteiger partial charge is 0.454 e. The molecule has 4 aliphatic heterocycles. The maximum atomic E-state index is 14.0. The van der Waals surface area contributed by atoms with E-state index < -0.39 is 34.2 Å². The number of nitrogens with zero attached hydrogens (tertiary/aromatic N) is 4. The third kappa shape index (κ3) is 3.66. The van der Waals surface area contributed by atoms with E-state index in [0.29, 0.717) is 49.7 Å². The minimum absolute atomic E-state index is 0.0266. The molecule has 2 aromatic carbocycles. The molecule has 0 radical (unpaired) electrons. The zero-order valence-electron chi connectivity index (χ0n) is 20.8. The van der Waals surface area contributed by atoms with Gasteiger partial charge in [-0.1, -0.05) is 13.0 Å². The number of piperazine rings is 1. The van der Waals surface area contributed by atoms with Gasteiger partial charge in [-0.3, -0.25) is 34.8 Å². The van der Waals surface area contributed by atoms with E-state index in [1.807, 2.05) is 30.0 Å². The number of nitro groups is 1. The average Bonchev–Trinajstić information content (AvgIpc) is 3.37. The predicted molar refractivity (Wildman–Crippen MR) is 134 cm³/mol. The van der Waals surface area contributed by atoms with Crippen molar-refractivity contribution >= 4 is 29.2 Å². The van der Waals surface area contributed by atoms with Crippen LogP contribution in [0.1, 0.15) is 24.5 Å². The van der Waals surface area contributed by atoms with E-state index in [-0.39, 0.29) is 25.4 Å². The molecule has 2 aromatic rings. The SMILES string of the molecule is CCCN1C(=O)NC(=O)[C@]2(Cc3cc([N+](=O)[O-])ccc3N3CCN(Cc4ccc5c(c4)OCO5)C[C@H]32)C1=O. The summed E-state index contributed by atoms with van der Waals surface area (Å²) in [6, 6.07) is 9.05. The van der Waals surface area contributed by atoms with Crippen molar-refractivity contribution < 1.29 is 28.8 Å². The van der Waals surface area contributed by atoms with Crippen LogP contribution in [0.4, 0.5) is 16.2 Å². The molecule has 0 aliphatic carbocycles. The third-order valence-electron chi connectivity index (χ3n) is 7.87. The summed E-state index contributed by atoms with van der Waals surface area (Å²) in [5.41, 5.74) is 0.621. The summed E-state index contributed by atoms with van der Waals surface area (Å²) in [5, 5.41) is 13.9. The Morgan fingerprint density at radius 2 is 1.92 bits per heavy atom. The molecule has 0 saturated carbocycles. The normalized spacial score (nSPS) is 24.3. The van der Waals surface area contributed by atoms with Crippen LogP contribution in [-0.2, 0) is 22.6 Å². The Kier molecular flexibility index (Phi) is 5.71. The van der Waals surface area contributed by atoms with E-state index in [2.05, 4.69) is 10.2 Å². The standard InChI is InChI=1S/C26H27N5O7/c1-2-7-30-24(33)26(23(32)27-25(30)34)12-17-11-18(31(35)36)4-5-19(17)29-9-8-28(14-22(26)29)13-16-3-6-20-21(10-16)38-15-37-20/h3-6,10-11,22H,2,7-9,12-15H2,1H3,(H,27,32,34)/t22-,26+/m0/s1. The van der Waals surface area contributed by atoms with Crippen LogP contribution in [-0.4, -0.2) is 71.6 Å². The Morgan fingerprint density at radius 1 is 1.11 bits per heavy atom. The van der Waals surface area contributed by atoms with Crippen molar-refractivity contribution in [2.24, 2.45) is 5.41 Å². The number of non-ortho nitro benzene ring substituents is 1. The Balaban J connectivity index is 1.39. The molecule has 12 nitrogen and oxygen atoms in total. The van der Waals surface area contributed by atoms with Crippen LogP contribution >= 0.6 is 0 Å². The van der Waals surface area contributed by atoms with Crippen LogP contribution < -0.4 is 19.7 Å². The van der Waals surface area contributed by atoms with Gasteiger partial charge >= 0.3 is 6.03 Å². The molecule has 12 heteroatoms. The van der Waals surface area contributed by atoms with Gasteiger partial charge in [0, 0.05) is 57.0 Å². The van der Waals surface area contributed by atoms with Crippen molar-refractivity contribution in [2.75, 3.05) is 37.9 Å². The number of hydrogen-bond acceptors (Lipinski definition) is 9. The van der Waals surface area contributed by atoms with Gasteiger partial charge in [0.15, 0.2) is 16.9 Å². The van der Waals surface area contributed by atoms with Crippen LogP contribution in [0.5, 0.6) is 11.5 Å². The number of carbonyl (C=O) groups is 3. The lowest BCUT2D eigenvalue weighted by atomic mass is 9.67. The number of rotatable bonds is 5. The Bertz CT molecular complexity index is 1360. The van der Waals surface area contributed by atoms with Gasteiger partial charge in [0.25, 0.3) is 5.69 Å². The molecule has 6 rings (SSSR count). The number of hydrogen-bond donors (Lipinski definition) is 1. The molecule has 0 unspecified atom stereocenters. The van der Waals surface area contributed by atoms with Gasteiger partial charge in [-0.15, -0.1) is 0 Å². The van der Waals surface area contributed by atoms with Crippen LogP contribution in [0.2, 0.25) is 0 Å². The molecule has 1 N–H and O–H groups in total. The van der Waals surface area contributed by atoms with Crippen LogP contribution in [0.25, 0.3) is 0 Å². The van der Waals surface area contributed by atoms with Crippen LogP contribution in [0.15, 0.2) is 36.4 Å². The molecule has 0 bridgehead atoms. The Labute approximate surface area is 218 Å². The molecule has 4 heterocycles. The number of barbiturate groups is 1. The lowest BCUT2D eigenvalue weighted by molar-refractivity contribution is -0.384. The summed E-state index contributed by atoms with van der Waals surface area (Å²) < 4.78 is 10.9. The molecule has 2 saturated heterocycles. The second kappa shape index (κ2) is 8.98. The lowest BCUT2D eigenvalue weighted by Crippen LogP contribution is -2.75. The van der Waals surface area contributed by atoms with Gasteiger partial charge in [0.1, 0.15) is 0 Å². The second-order valence-electron chi connectivity index (χ2n) is 10.1. The highest BCUT2D eigenvalue weighted by Crippen LogP contribution is 2.46. The number of ether oxygens (including phenoxy) is 2. The molecular formula is C26H27N5O7. The summed E-state index contributed by atoms with van der Waals surface area (Å²) in [6.07, 6.45) is 0.511. The van der Waals surface area contributed by atoms with Gasteiger partial charge in [0.05, 0.1) is 11.0 Å². The summed E-state index contributed by atoms with van der Waals surface area (Å²) in [7, 11) is 0. The number of imide groups is 2. The van der Waals surface area contributed by atoms with Crippen molar-refractivity contribution in [3.63, 3.8) is 0 Å². The minimum atomic E-state index is -1.60. The van der Waals surface area contributed by atoms with Crippen LogP contribution in [0, 0.1) is 15.5 Å². The van der Waals surface area contributed by atoms with Crippen molar-refractivity contribution in [3.8, 4) is 11.5 Å². The van der Waals surface area contributed by atoms with Crippen molar-refractivity contribution in [1.82, 2.24) is 15.1 Å². The van der Waals surface area contributed by atoms with Crippen molar-refractivity contribution in [3.05, 3.63) is 57.6 Å². The third-order valence-corrected chi connectivity index (χ3v) is 7.87. The molecule has 2 atom stereocenters.